The van der Waals surface area contributed by atoms with Crippen LogP contribution in [-0.2, 0) is 15.6 Å². The second-order valence-electron chi connectivity index (χ2n) is 3.67. The van der Waals surface area contributed by atoms with E-state index < -0.39 is 10.8 Å². The third kappa shape index (κ3) is 3.75. The minimum absolute atomic E-state index is 0.00264. The van der Waals surface area contributed by atoms with E-state index >= 15 is 0 Å². The maximum Gasteiger partial charge on any atom is 0.235 e. The van der Waals surface area contributed by atoms with Crippen molar-refractivity contribution in [2.24, 2.45) is 5.73 Å². The summed E-state index contributed by atoms with van der Waals surface area (Å²) in [6, 6.07) is 0.411. The van der Waals surface area contributed by atoms with E-state index in [4.69, 9.17) is 5.73 Å². The molecular weight excluding hydrogens is 200 g/mol. The topological polar surface area (TPSA) is 63.4 Å². The first kappa shape index (κ1) is 11.7. The van der Waals surface area contributed by atoms with E-state index in [1.54, 1.807) is 11.9 Å². The Bertz CT molecular complexity index is 229. The van der Waals surface area contributed by atoms with E-state index in [9.17, 15) is 9.00 Å². The predicted molar refractivity (Wildman–Crippen MR) is 57.3 cm³/mol. The van der Waals surface area contributed by atoms with Crippen molar-refractivity contribution in [2.75, 3.05) is 25.1 Å². The van der Waals surface area contributed by atoms with Gasteiger partial charge < -0.3 is 10.6 Å². The minimum atomic E-state index is -1.03. The normalized spacial score (nSPS) is 17.9. The molecule has 0 aromatic carbocycles. The van der Waals surface area contributed by atoms with Crippen molar-refractivity contribution in [3.8, 4) is 0 Å². The number of hydrogen-bond donors (Lipinski definition) is 1. The summed E-state index contributed by atoms with van der Waals surface area (Å²) in [7, 11) is 0.761. The summed E-state index contributed by atoms with van der Waals surface area (Å²) in [6.07, 6.45) is 2.92. The van der Waals surface area contributed by atoms with Crippen molar-refractivity contribution < 1.29 is 9.00 Å². The maximum absolute atomic E-state index is 11.5. The van der Waals surface area contributed by atoms with E-state index in [1.807, 2.05) is 0 Å². The van der Waals surface area contributed by atoms with Crippen molar-refractivity contribution in [1.29, 1.82) is 0 Å². The third-order valence-electron chi connectivity index (χ3n) is 2.35. The van der Waals surface area contributed by atoms with Crippen molar-refractivity contribution in [1.82, 2.24) is 4.90 Å². The molecule has 0 saturated heterocycles. The molecule has 4 nitrogen and oxygen atoms in total. The van der Waals surface area contributed by atoms with Gasteiger partial charge in [-0.05, 0) is 25.8 Å². The maximum atomic E-state index is 11.5. The van der Waals surface area contributed by atoms with Crippen LogP contribution in [0.2, 0.25) is 0 Å². The van der Waals surface area contributed by atoms with E-state index in [0.29, 0.717) is 18.3 Å². The van der Waals surface area contributed by atoms with Gasteiger partial charge in [-0.15, -0.1) is 0 Å². The Labute approximate surface area is 87.3 Å². The van der Waals surface area contributed by atoms with Crippen LogP contribution in [0, 0.1) is 0 Å². The number of hydrogen-bond acceptors (Lipinski definition) is 3. The van der Waals surface area contributed by atoms with E-state index in [0.717, 1.165) is 19.3 Å². The zero-order chi connectivity index (χ0) is 10.6. The van der Waals surface area contributed by atoms with Crippen molar-refractivity contribution in [2.45, 2.75) is 25.3 Å². The molecule has 0 spiro atoms. The zero-order valence-electron chi connectivity index (χ0n) is 8.57. The summed E-state index contributed by atoms with van der Waals surface area (Å²) in [5, 5.41) is 0. The molecule has 0 heterocycles. The average Bonchev–Trinajstić information content (AvgIpc) is 2.96. The lowest BCUT2D eigenvalue weighted by atomic mass is 10.5. The molecule has 0 aliphatic heterocycles. The molecule has 1 rings (SSSR count). The molecule has 0 aromatic heterocycles. The Morgan fingerprint density at radius 1 is 1.57 bits per heavy atom. The van der Waals surface area contributed by atoms with Crippen molar-refractivity contribution >= 4 is 16.7 Å². The molecular formula is C9H18N2O2S. The van der Waals surface area contributed by atoms with Crippen LogP contribution in [0.15, 0.2) is 0 Å². The van der Waals surface area contributed by atoms with Crippen LogP contribution in [0.5, 0.6) is 0 Å². The van der Waals surface area contributed by atoms with Crippen molar-refractivity contribution in [3.05, 3.63) is 0 Å². The van der Waals surface area contributed by atoms with Gasteiger partial charge in [0.05, 0.1) is 0 Å². The summed E-state index contributed by atoms with van der Waals surface area (Å²) < 4.78 is 11.4. The van der Waals surface area contributed by atoms with Gasteiger partial charge in [-0.2, -0.15) is 0 Å². The van der Waals surface area contributed by atoms with Crippen LogP contribution in [0.3, 0.4) is 0 Å². The quantitative estimate of drug-likeness (QED) is 0.666. The van der Waals surface area contributed by atoms with Gasteiger partial charge in [0.25, 0.3) is 0 Å². The lowest BCUT2D eigenvalue weighted by Gasteiger charge is -2.15. The smallest absolute Gasteiger partial charge is 0.235 e. The van der Waals surface area contributed by atoms with Crippen LogP contribution in [0.1, 0.15) is 19.3 Å². The van der Waals surface area contributed by atoms with E-state index in [1.165, 1.54) is 0 Å². The zero-order valence-corrected chi connectivity index (χ0v) is 9.39. The molecule has 82 valence electrons. The number of amides is 1. The Morgan fingerprint density at radius 3 is 2.71 bits per heavy atom. The Morgan fingerprint density at radius 2 is 2.21 bits per heavy atom. The van der Waals surface area contributed by atoms with Crippen LogP contribution in [0.4, 0.5) is 0 Å². The molecule has 1 amide bonds. The molecule has 0 aromatic rings. The molecule has 1 atom stereocenters. The lowest BCUT2D eigenvalue weighted by molar-refractivity contribution is -0.127. The first-order valence-corrected chi connectivity index (χ1v) is 6.44. The highest BCUT2D eigenvalue weighted by molar-refractivity contribution is 7.85. The molecule has 1 unspecified atom stereocenters. The van der Waals surface area contributed by atoms with Gasteiger partial charge in [0.2, 0.25) is 5.91 Å². The first-order chi connectivity index (χ1) is 6.65. The standard InChI is InChI=1S/C9H18N2O2S/c1-11(8-3-4-8)9(12)7-14(13)6-2-5-10/h8H,2-7,10H2,1H3. The summed E-state index contributed by atoms with van der Waals surface area (Å²) in [5.41, 5.74) is 5.30. The third-order valence-corrected chi connectivity index (χ3v) is 3.66. The Hall–Kier alpha value is -0.420. The summed E-state index contributed by atoms with van der Waals surface area (Å²) in [4.78, 5) is 13.2. The van der Waals surface area contributed by atoms with Gasteiger partial charge in [0, 0.05) is 29.6 Å². The van der Waals surface area contributed by atoms with Gasteiger partial charge in [0.1, 0.15) is 5.75 Å². The molecule has 1 fully saturated rings. The SMILES string of the molecule is CN(C(=O)CS(=O)CCCN)C1CC1. The molecule has 0 bridgehead atoms. The largest absolute Gasteiger partial charge is 0.342 e. The fourth-order valence-electron chi connectivity index (χ4n) is 1.22. The summed E-state index contributed by atoms with van der Waals surface area (Å²) in [6.45, 7) is 0.540. The van der Waals surface area contributed by atoms with E-state index in [-0.39, 0.29) is 11.7 Å². The molecule has 1 saturated carbocycles. The minimum Gasteiger partial charge on any atom is -0.342 e. The molecule has 14 heavy (non-hydrogen) atoms. The monoisotopic (exact) mass is 218 g/mol. The van der Waals surface area contributed by atoms with Crippen LogP contribution in [0.25, 0.3) is 0 Å². The lowest BCUT2D eigenvalue weighted by Crippen LogP contribution is -2.33. The fraction of sp³-hybridized carbons (Fsp3) is 0.889. The van der Waals surface area contributed by atoms with Gasteiger partial charge in [-0.25, -0.2) is 0 Å². The predicted octanol–water partition coefficient (Wildman–Crippen LogP) is -0.295. The Kier molecular flexibility index (Phi) is 4.54. The van der Waals surface area contributed by atoms with Crippen molar-refractivity contribution in [3.63, 3.8) is 0 Å². The first-order valence-electron chi connectivity index (χ1n) is 4.96. The van der Waals surface area contributed by atoms with Crippen LogP contribution < -0.4 is 5.73 Å². The molecule has 1 aliphatic carbocycles. The highest BCUT2D eigenvalue weighted by Crippen LogP contribution is 2.25. The summed E-state index contributed by atoms with van der Waals surface area (Å²) in [5.74, 6) is 0.705. The van der Waals surface area contributed by atoms with Gasteiger partial charge in [-0.3, -0.25) is 9.00 Å². The molecule has 5 heteroatoms. The summed E-state index contributed by atoms with van der Waals surface area (Å²) >= 11 is 0. The Balaban J connectivity index is 2.21. The van der Waals surface area contributed by atoms with E-state index in [2.05, 4.69) is 0 Å². The van der Waals surface area contributed by atoms with Crippen LogP contribution >= 0.6 is 0 Å². The highest BCUT2D eigenvalue weighted by atomic mass is 32.2. The highest BCUT2D eigenvalue weighted by Gasteiger charge is 2.29. The molecule has 2 N–H and O–H groups in total. The van der Waals surface area contributed by atoms with Crippen LogP contribution in [-0.4, -0.2) is 46.2 Å². The van der Waals surface area contributed by atoms with Gasteiger partial charge in [0.15, 0.2) is 0 Å². The molecule has 0 radical (unpaired) electrons. The number of rotatable bonds is 6. The second kappa shape index (κ2) is 5.46. The number of carbonyl (C=O) groups is 1. The van der Waals surface area contributed by atoms with Gasteiger partial charge in [-0.1, -0.05) is 0 Å². The number of carbonyl (C=O) groups excluding carboxylic acids is 1. The molecule has 1 aliphatic rings. The van der Waals surface area contributed by atoms with Gasteiger partial charge >= 0.3 is 0 Å². The number of nitrogens with zero attached hydrogens (tertiary/aromatic N) is 1. The average molecular weight is 218 g/mol. The second-order valence-corrected chi connectivity index (χ2v) is 5.24. The fourth-order valence-corrected chi connectivity index (χ4v) is 2.33. The number of nitrogens with two attached hydrogens (primary N) is 1.